The SMILES string of the molecule is CC(Sc1nc2ccccc2n1CCc1ccccc1)C(=O)Nc1ccc(S(N)(=O)=O)cc1. The lowest BCUT2D eigenvalue weighted by molar-refractivity contribution is -0.115. The Balaban J connectivity index is 1.49. The highest BCUT2D eigenvalue weighted by atomic mass is 32.2. The molecule has 1 aromatic heterocycles. The van der Waals surface area contributed by atoms with Gasteiger partial charge in [-0.1, -0.05) is 54.2 Å². The second kappa shape index (κ2) is 9.78. The van der Waals surface area contributed by atoms with Gasteiger partial charge in [0, 0.05) is 12.2 Å². The monoisotopic (exact) mass is 480 g/mol. The number of nitrogens with one attached hydrogen (secondary N) is 1. The van der Waals surface area contributed by atoms with Gasteiger partial charge in [-0.15, -0.1) is 0 Å². The molecular formula is C24H24N4O3S2. The number of fused-ring (bicyclic) bond motifs is 1. The van der Waals surface area contributed by atoms with Gasteiger partial charge in [0.1, 0.15) is 0 Å². The summed E-state index contributed by atoms with van der Waals surface area (Å²) >= 11 is 1.39. The molecule has 0 aliphatic heterocycles. The number of carbonyl (C=O) groups excluding carboxylic acids is 1. The lowest BCUT2D eigenvalue weighted by atomic mass is 10.1. The Hall–Kier alpha value is -3.14. The first kappa shape index (κ1) is 23.0. The summed E-state index contributed by atoms with van der Waals surface area (Å²) in [7, 11) is -3.78. The maximum Gasteiger partial charge on any atom is 0.238 e. The number of benzene rings is 3. The summed E-state index contributed by atoms with van der Waals surface area (Å²) in [6.45, 7) is 2.57. The average Bonchev–Trinajstić information content (AvgIpc) is 3.15. The molecule has 0 spiro atoms. The molecule has 1 atom stereocenters. The van der Waals surface area contributed by atoms with Crippen molar-refractivity contribution in [3.63, 3.8) is 0 Å². The van der Waals surface area contributed by atoms with E-state index in [1.807, 2.05) is 49.4 Å². The molecule has 4 aromatic rings. The number of aryl methyl sites for hydroxylation is 2. The molecule has 0 fully saturated rings. The maximum absolute atomic E-state index is 12.8. The molecule has 3 N–H and O–H groups in total. The van der Waals surface area contributed by atoms with Crippen molar-refractivity contribution in [3.05, 3.63) is 84.4 Å². The molecule has 7 nitrogen and oxygen atoms in total. The first-order chi connectivity index (χ1) is 15.8. The Bertz CT molecular complexity index is 1370. The zero-order chi connectivity index (χ0) is 23.4. The highest BCUT2D eigenvalue weighted by molar-refractivity contribution is 8.00. The lowest BCUT2D eigenvalue weighted by Gasteiger charge is -2.14. The van der Waals surface area contributed by atoms with Crippen LogP contribution >= 0.6 is 11.8 Å². The Labute approximate surface area is 197 Å². The van der Waals surface area contributed by atoms with Gasteiger partial charge in [0.05, 0.1) is 21.2 Å². The fourth-order valence-corrected chi connectivity index (χ4v) is 4.89. The van der Waals surface area contributed by atoms with E-state index in [9.17, 15) is 13.2 Å². The van der Waals surface area contributed by atoms with Crippen molar-refractivity contribution in [3.8, 4) is 0 Å². The third-order valence-electron chi connectivity index (χ3n) is 5.19. The molecule has 0 saturated carbocycles. The molecule has 0 bridgehead atoms. The maximum atomic E-state index is 12.8. The first-order valence-electron chi connectivity index (χ1n) is 10.4. The molecule has 1 amide bonds. The zero-order valence-electron chi connectivity index (χ0n) is 18.0. The molecular weight excluding hydrogens is 456 g/mol. The summed E-state index contributed by atoms with van der Waals surface area (Å²) in [5, 5.41) is 8.30. The molecule has 0 radical (unpaired) electrons. The number of para-hydroxylation sites is 2. The van der Waals surface area contributed by atoms with Crippen LogP contribution in [-0.2, 0) is 27.8 Å². The van der Waals surface area contributed by atoms with Gasteiger partial charge in [0.2, 0.25) is 15.9 Å². The summed E-state index contributed by atoms with van der Waals surface area (Å²) in [6, 6.07) is 24.0. The van der Waals surface area contributed by atoms with Crippen molar-refractivity contribution in [1.82, 2.24) is 9.55 Å². The number of nitrogens with two attached hydrogens (primary N) is 1. The van der Waals surface area contributed by atoms with Crippen molar-refractivity contribution in [2.45, 2.75) is 35.2 Å². The molecule has 0 saturated heterocycles. The van der Waals surface area contributed by atoms with Gasteiger partial charge in [0.25, 0.3) is 0 Å². The number of hydrogen-bond donors (Lipinski definition) is 2. The van der Waals surface area contributed by atoms with Crippen molar-refractivity contribution >= 4 is 44.4 Å². The van der Waals surface area contributed by atoms with E-state index in [1.54, 1.807) is 0 Å². The molecule has 1 heterocycles. The average molecular weight is 481 g/mol. The van der Waals surface area contributed by atoms with E-state index in [1.165, 1.54) is 41.6 Å². The fraction of sp³-hybridized carbons (Fsp3) is 0.167. The minimum atomic E-state index is -3.78. The van der Waals surface area contributed by atoms with E-state index < -0.39 is 15.3 Å². The number of imidazole rings is 1. The molecule has 1 unspecified atom stereocenters. The van der Waals surface area contributed by atoms with Gasteiger partial charge >= 0.3 is 0 Å². The number of nitrogens with zero attached hydrogens (tertiary/aromatic N) is 2. The normalized spacial score (nSPS) is 12.5. The second-order valence-corrected chi connectivity index (χ2v) is 10.5. The Morgan fingerprint density at radius 2 is 1.70 bits per heavy atom. The van der Waals surface area contributed by atoms with Crippen molar-refractivity contribution in [1.29, 1.82) is 0 Å². The van der Waals surface area contributed by atoms with Crippen LogP contribution in [0.2, 0.25) is 0 Å². The van der Waals surface area contributed by atoms with E-state index in [0.717, 1.165) is 29.2 Å². The largest absolute Gasteiger partial charge is 0.325 e. The van der Waals surface area contributed by atoms with Crippen molar-refractivity contribution < 1.29 is 13.2 Å². The second-order valence-electron chi connectivity index (χ2n) is 7.59. The Kier molecular flexibility index (Phi) is 6.83. The number of amides is 1. The number of thioether (sulfide) groups is 1. The number of primary sulfonamides is 1. The lowest BCUT2D eigenvalue weighted by Crippen LogP contribution is -2.23. The van der Waals surface area contributed by atoms with E-state index in [4.69, 9.17) is 10.1 Å². The van der Waals surface area contributed by atoms with Gasteiger partial charge in [-0.3, -0.25) is 4.79 Å². The van der Waals surface area contributed by atoms with Crippen LogP contribution in [0.5, 0.6) is 0 Å². The number of aromatic nitrogens is 2. The summed E-state index contributed by atoms with van der Waals surface area (Å²) in [4.78, 5) is 17.5. The molecule has 33 heavy (non-hydrogen) atoms. The highest BCUT2D eigenvalue weighted by Gasteiger charge is 2.20. The summed E-state index contributed by atoms with van der Waals surface area (Å²) in [6.07, 6.45) is 0.853. The van der Waals surface area contributed by atoms with Gasteiger partial charge < -0.3 is 9.88 Å². The minimum absolute atomic E-state index is 0.00458. The topological polar surface area (TPSA) is 107 Å². The number of anilines is 1. The van der Waals surface area contributed by atoms with Crippen LogP contribution in [0.15, 0.2) is 88.9 Å². The van der Waals surface area contributed by atoms with Crippen LogP contribution in [0, 0.1) is 0 Å². The number of sulfonamides is 1. The highest BCUT2D eigenvalue weighted by Crippen LogP contribution is 2.28. The predicted octanol–water partition coefficient (Wildman–Crippen LogP) is 4.05. The van der Waals surface area contributed by atoms with Gasteiger partial charge in [-0.2, -0.15) is 0 Å². The van der Waals surface area contributed by atoms with Gasteiger partial charge in [0.15, 0.2) is 5.16 Å². The zero-order valence-corrected chi connectivity index (χ0v) is 19.6. The smallest absolute Gasteiger partial charge is 0.238 e. The molecule has 170 valence electrons. The van der Waals surface area contributed by atoms with Crippen molar-refractivity contribution in [2.75, 3.05) is 5.32 Å². The van der Waals surface area contributed by atoms with E-state index >= 15 is 0 Å². The van der Waals surface area contributed by atoms with Gasteiger partial charge in [-0.05, 0) is 55.3 Å². The summed E-state index contributed by atoms with van der Waals surface area (Å²) < 4.78 is 25.0. The summed E-state index contributed by atoms with van der Waals surface area (Å²) in [5.74, 6) is -0.204. The third kappa shape index (κ3) is 5.62. The number of rotatable bonds is 8. The van der Waals surface area contributed by atoms with Crippen LogP contribution in [0.1, 0.15) is 12.5 Å². The number of carbonyl (C=O) groups is 1. The Morgan fingerprint density at radius 1 is 1.03 bits per heavy atom. The standard InChI is InChI=1S/C24H24N4O3S2/c1-17(23(29)26-19-11-13-20(14-12-19)33(25,30)31)32-24-27-21-9-5-6-10-22(21)28(24)16-15-18-7-3-2-4-8-18/h2-14,17H,15-16H2,1H3,(H,26,29)(H2,25,30,31). The molecule has 9 heteroatoms. The number of hydrogen-bond acceptors (Lipinski definition) is 5. The van der Waals surface area contributed by atoms with Crippen LogP contribution in [0.4, 0.5) is 5.69 Å². The molecule has 0 aliphatic rings. The Morgan fingerprint density at radius 3 is 2.39 bits per heavy atom. The fourth-order valence-electron chi connectivity index (χ4n) is 3.43. The van der Waals surface area contributed by atoms with E-state index in [2.05, 4.69) is 22.0 Å². The first-order valence-corrected chi connectivity index (χ1v) is 12.8. The molecule has 4 rings (SSSR count). The summed E-state index contributed by atoms with van der Waals surface area (Å²) in [5.41, 5.74) is 3.65. The minimum Gasteiger partial charge on any atom is -0.325 e. The molecule has 3 aromatic carbocycles. The van der Waals surface area contributed by atoms with E-state index in [-0.39, 0.29) is 10.8 Å². The van der Waals surface area contributed by atoms with E-state index in [0.29, 0.717) is 5.69 Å². The molecule has 0 aliphatic carbocycles. The van der Waals surface area contributed by atoms with Crippen LogP contribution in [-0.4, -0.2) is 29.1 Å². The van der Waals surface area contributed by atoms with Gasteiger partial charge in [-0.25, -0.2) is 18.5 Å². The van der Waals surface area contributed by atoms with Crippen LogP contribution in [0.3, 0.4) is 0 Å². The van der Waals surface area contributed by atoms with Crippen molar-refractivity contribution in [2.24, 2.45) is 5.14 Å². The van der Waals surface area contributed by atoms with Crippen LogP contribution < -0.4 is 10.5 Å². The van der Waals surface area contributed by atoms with Crippen LogP contribution in [0.25, 0.3) is 11.0 Å². The predicted molar refractivity (Wildman–Crippen MR) is 132 cm³/mol. The quantitative estimate of drug-likeness (QED) is 0.370. The third-order valence-corrected chi connectivity index (χ3v) is 7.21.